The van der Waals surface area contributed by atoms with Gasteiger partial charge in [0.1, 0.15) is 22.3 Å². The zero-order valence-corrected chi connectivity index (χ0v) is 20.5. The minimum absolute atomic E-state index is 0.0505. The Morgan fingerprint density at radius 1 is 1.08 bits per heavy atom. The molecule has 0 saturated heterocycles. The van der Waals surface area contributed by atoms with Crippen LogP contribution in [0.5, 0.6) is 17.2 Å². The number of carbonyl (C=O) groups excluding carboxylic acids is 1. The first-order chi connectivity index (χ1) is 17.7. The van der Waals surface area contributed by atoms with Crippen LogP contribution in [0.15, 0.2) is 77.2 Å². The second-order valence-corrected chi connectivity index (χ2v) is 8.83. The van der Waals surface area contributed by atoms with Crippen molar-refractivity contribution in [1.29, 1.82) is 5.26 Å². The van der Waals surface area contributed by atoms with Crippen LogP contribution < -0.4 is 19.0 Å². The van der Waals surface area contributed by atoms with Gasteiger partial charge in [0.25, 0.3) is 11.6 Å². The number of rotatable bonds is 10. The van der Waals surface area contributed by atoms with Gasteiger partial charge in [-0.2, -0.15) is 13.7 Å². The van der Waals surface area contributed by atoms with E-state index in [4.69, 9.17) is 13.7 Å². The standard InChI is InChI=1S/C25H21N3O8S/c1-3-35-24-15-17(14-18(16-26)25(29)27-19-5-9-21(34-2)10-6-19)4-13-23(24)36-37(32,33)22-11-7-20(8-12-22)28(30)31/h4-15H,3H2,1-2H3,(H,27,29)/b18-14+. The highest BCUT2D eigenvalue weighted by molar-refractivity contribution is 7.87. The van der Waals surface area contributed by atoms with Gasteiger partial charge in [-0.1, -0.05) is 6.07 Å². The zero-order chi connectivity index (χ0) is 27.0. The molecule has 0 aliphatic carbocycles. The summed E-state index contributed by atoms with van der Waals surface area (Å²) in [6.45, 7) is 1.85. The average molecular weight is 524 g/mol. The molecule has 190 valence electrons. The molecule has 0 aliphatic rings. The Bertz CT molecular complexity index is 1480. The molecule has 0 radical (unpaired) electrons. The summed E-state index contributed by atoms with van der Waals surface area (Å²) in [5, 5.41) is 22.9. The van der Waals surface area contributed by atoms with Crippen molar-refractivity contribution in [3.8, 4) is 23.3 Å². The van der Waals surface area contributed by atoms with Gasteiger partial charge in [-0.15, -0.1) is 0 Å². The summed E-state index contributed by atoms with van der Waals surface area (Å²) in [7, 11) is -2.82. The number of hydrogen-bond donors (Lipinski definition) is 1. The Labute approximate surface area is 212 Å². The van der Waals surface area contributed by atoms with Crippen LogP contribution in [0.3, 0.4) is 0 Å². The van der Waals surface area contributed by atoms with Gasteiger partial charge < -0.3 is 19.0 Å². The van der Waals surface area contributed by atoms with Gasteiger partial charge in [0.05, 0.1) is 18.6 Å². The van der Waals surface area contributed by atoms with E-state index in [1.165, 1.54) is 31.4 Å². The minimum atomic E-state index is -4.33. The van der Waals surface area contributed by atoms with Crippen molar-refractivity contribution >= 4 is 33.5 Å². The SMILES string of the molecule is CCOc1cc(/C=C(\C#N)C(=O)Nc2ccc(OC)cc2)ccc1OS(=O)(=O)c1ccc([N+](=O)[O-])cc1. The van der Waals surface area contributed by atoms with Crippen LogP contribution in [-0.2, 0) is 14.9 Å². The van der Waals surface area contributed by atoms with E-state index in [0.717, 1.165) is 24.3 Å². The fraction of sp³-hybridized carbons (Fsp3) is 0.120. The van der Waals surface area contributed by atoms with E-state index in [9.17, 15) is 28.6 Å². The molecule has 3 rings (SSSR count). The van der Waals surface area contributed by atoms with E-state index < -0.39 is 20.9 Å². The second-order valence-electron chi connectivity index (χ2n) is 7.28. The first kappa shape index (κ1) is 26.7. The first-order valence-corrected chi connectivity index (χ1v) is 12.1. The average Bonchev–Trinajstić information content (AvgIpc) is 2.89. The number of nitrogens with one attached hydrogen (secondary N) is 1. The fourth-order valence-electron chi connectivity index (χ4n) is 3.04. The summed E-state index contributed by atoms with van der Waals surface area (Å²) in [5.41, 5.74) is 0.368. The van der Waals surface area contributed by atoms with Gasteiger partial charge in [0.2, 0.25) is 0 Å². The number of nitro benzene ring substituents is 1. The number of amides is 1. The van der Waals surface area contributed by atoms with E-state index in [-0.39, 0.29) is 34.3 Å². The van der Waals surface area contributed by atoms with Crippen molar-refractivity contribution in [3.05, 3.63) is 88.0 Å². The van der Waals surface area contributed by atoms with Gasteiger partial charge in [-0.05, 0) is 67.1 Å². The Morgan fingerprint density at radius 3 is 2.32 bits per heavy atom. The molecule has 0 aliphatic heterocycles. The van der Waals surface area contributed by atoms with Crippen LogP contribution in [0.4, 0.5) is 11.4 Å². The molecule has 0 aromatic heterocycles. The van der Waals surface area contributed by atoms with E-state index in [1.54, 1.807) is 31.2 Å². The Kier molecular flexibility index (Phi) is 8.44. The molecule has 12 heteroatoms. The van der Waals surface area contributed by atoms with Crippen LogP contribution in [0.1, 0.15) is 12.5 Å². The van der Waals surface area contributed by atoms with E-state index in [2.05, 4.69) is 5.32 Å². The lowest BCUT2D eigenvalue weighted by molar-refractivity contribution is -0.384. The Morgan fingerprint density at radius 2 is 1.76 bits per heavy atom. The number of methoxy groups -OCH3 is 1. The third-order valence-corrected chi connectivity index (χ3v) is 6.08. The van der Waals surface area contributed by atoms with Crippen molar-refractivity contribution < 1.29 is 31.8 Å². The van der Waals surface area contributed by atoms with Crippen LogP contribution in [-0.4, -0.2) is 33.0 Å². The quantitative estimate of drug-likeness (QED) is 0.134. The molecule has 0 saturated carbocycles. The Balaban J connectivity index is 1.84. The second kappa shape index (κ2) is 11.7. The molecule has 11 nitrogen and oxygen atoms in total. The molecule has 3 aromatic carbocycles. The monoisotopic (exact) mass is 523 g/mol. The predicted octanol–water partition coefficient (Wildman–Crippen LogP) is 4.32. The van der Waals surface area contributed by atoms with Gasteiger partial charge in [0.15, 0.2) is 11.5 Å². The lowest BCUT2D eigenvalue weighted by Gasteiger charge is -2.13. The summed E-state index contributed by atoms with van der Waals surface area (Å²) in [6.07, 6.45) is 1.32. The number of hydrogen-bond acceptors (Lipinski definition) is 9. The van der Waals surface area contributed by atoms with Crippen molar-refractivity contribution in [1.82, 2.24) is 0 Å². The maximum absolute atomic E-state index is 12.7. The lowest BCUT2D eigenvalue weighted by atomic mass is 10.1. The molecule has 0 heterocycles. The number of non-ortho nitro benzene ring substituents is 1. The van der Waals surface area contributed by atoms with Gasteiger partial charge in [0, 0.05) is 17.8 Å². The molecule has 0 spiro atoms. The molecular formula is C25H21N3O8S. The highest BCUT2D eigenvalue weighted by Gasteiger charge is 2.21. The third-order valence-electron chi connectivity index (χ3n) is 4.83. The number of ether oxygens (including phenoxy) is 2. The number of anilines is 1. The molecule has 1 N–H and O–H groups in total. The normalized spacial score (nSPS) is 11.2. The largest absolute Gasteiger partial charge is 0.497 e. The smallest absolute Gasteiger partial charge is 0.339 e. The zero-order valence-electron chi connectivity index (χ0n) is 19.7. The van der Waals surface area contributed by atoms with Crippen LogP contribution in [0.25, 0.3) is 6.08 Å². The Hall–Kier alpha value is -4.89. The van der Waals surface area contributed by atoms with Crippen LogP contribution in [0, 0.1) is 21.4 Å². The third kappa shape index (κ3) is 6.83. The van der Waals surface area contributed by atoms with Crippen molar-refractivity contribution in [2.24, 2.45) is 0 Å². The number of nitro groups is 1. The van der Waals surface area contributed by atoms with Crippen molar-refractivity contribution in [2.75, 3.05) is 19.0 Å². The maximum Gasteiger partial charge on any atom is 0.339 e. The molecule has 1 amide bonds. The number of nitrogens with zero attached hydrogens (tertiary/aromatic N) is 2. The molecule has 0 atom stereocenters. The van der Waals surface area contributed by atoms with Gasteiger partial charge in [-0.25, -0.2) is 0 Å². The minimum Gasteiger partial charge on any atom is -0.497 e. The first-order valence-electron chi connectivity index (χ1n) is 10.7. The summed E-state index contributed by atoms with van der Waals surface area (Å²) in [4.78, 5) is 22.5. The molecular weight excluding hydrogens is 502 g/mol. The summed E-state index contributed by atoms with van der Waals surface area (Å²) < 4.78 is 41.2. The molecule has 0 bridgehead atoms. The van der Waals surface area contributed by atoms with Gasteiger partial charge in [-0.3, -0.25) is 14.9 Å². The molecule has 37 heavy (non-hydrogen) atoms. The van der Waals surface area contributed by atoms with E-state index in [0.29, 0.717) is 17.0 Å². The van der Waals surface area contributed by atoms with Crippen molar-refractivity contribution in [3.63, 3.8) is 0 Å². The number of carbonyl (C=O) groups is 1. The predicted molar refractivity (Wildman–Crippen MR) is 134 cm³/mol. The molecule has 3 aromatic rings. The van der Waals surface area contributed by atoms with Crippen molar-refractivity contribution in [2.45, 2.75) is 11.8 Å². The maximum atomic E-state index is 12.7. The van der Waals surface area contributed by atoms with Crippen LogP contribution >= 0.6 is 0 Å². The highest BCUT2D eigenvalue weighted by Crippen LogP contribution is 2.32. The molecule has 0 unspecified atom stereocenters. The highest BCUT2D eigenvalue weighted by atomic mass is 32.2. The van der Waals surface area contributed by atoms with Gasteiger partial charge >= 0.3 is 10.1 Å². The number of benzene rings is 3. The van der Waals surface area contributed by atoms with Crippen LogP contribution in [0.2, 0.25) is 0 Å². The molecule has 0 fully saturated rings. The summed E-state index contributed by atoms with van der Waals surface area (Å²) in [5.74, 6) is -0.129. The van der Waals surface area contributed by atoms with E-state index in [1.807, 2.05) is 6.07 Å². The number of nitriles is 1. The topological polar surface area (TPSA) is 158 Å². The fourth-order valence-corrected chi connectivity index (χ4v) is 3.98. The van der Waals surface area contributed by atoms with E-state index >= 15 is 0 Å². The summed E-state index contributed by atoms with van der Waals surface area (Å²) >= 11 is 0. The summed E-state index contributed by atoms with van der Waals surface area (Å²) in [6, 6.07) is 16.8. The lowest BCUT2D eigenvalue weighted by Crippen LogP contribution is -2.13.